The lowest BCUT2D eigenvalue weighted by Crippen LogP contribution is -2.54. The summed E-state index contributed by atoms with van der Waals surface area (Å²) in [5.74, 6) is 0. The van der Waals surface area contributed by atoms with Gasteiger partial charge in [-0.15, -0.1) is 0 Å². The number of aliphatic hydroxyl groups excluding tert-OH is 2. The molecule has 5 heteroatoms. The fraction of sp³-hybridized carbons (Fsp3) is 0.588. The molecule has 2 aliphatic heterocycles. The van der Waals surface area contributed by atoms with Crippen molar-refractivity contribution in [2.75, 3.05) is 19.7 Å². The van der Waals surface area contributed by atoms with Gasteiger partial charge in [-0.2, -0.15) is 5.26 Å². The summed E-state index contributed by atoms with van der Waals surface area (Å²) in [5.41, 5.74) is 1.62. The first kappa shape index (κ1) is 15.4. The van der Waals surface area contributed by atoms with Crippen LogP contribution in [0.3, 0.4) is 0 Å². The minimum atomic E-state index is -0.748. The molecule has 1 spiro atoms. The highest BCUT2D eigenvalue weighted by Gasteiger charge is 2.42. The number of aliphatic hydroxyl groups is 2. The molecule has 5 nitrogen and oxygen atoms in total. The van der Waals surface area contributed by atoms with Crippen LogP contribution in [0.1, 0.15) is 30.4 Å². The lowest BCUT2D eigenvalue weighted by Gasteiger charge is -2.46. The van der Waals surface area contributed by atoms with Crippen molar-refractivity contribution in [2.24, 2.45) is 0 Å². The standard InChI is InChI=1S/C17H22N2O3/c18-10-13-1-3-14(4-2-13)11-19-7-5-17(6-8-19)9-15(20)16(21)12-22-17/h1-4,15-16,20-21H,5-9,11-12H2/t15-,16+/m1/s1. The molecule has 0 aliphatic carbocycles. The van der Waals surface area contributed by atoms with Gasteiger partial charge in [0.25, 0.3) is 0 Å². The molecule has 0 saturated carbocycles. The Balaban J connectivity index is 1.54. The topological polar surface area (TPSA) is 76.7 Å². The number of likely N-dealkylation sites (tertiary alicyclic amines) is 1. The van der Waals surface area contributed by atoms with E-state index in [4.69, 9.17) is 10.00 Å². The van der Waals surface area contributed by atoms with E-state index < -0.39 is 12.2 Å². The van der Waals surface area contributed by atoms with Crippen LogP contribution in [-0.2, 0) is 11.3 Å². The van der Waals surface area contributed by atoms with Crippen LogP contribution < -0.4 is 0 Å². The van der Waals surface area contributed by atoms with Gasteiger partial charge in [0.05, 0.1) is 29.9 Å². The van der Waals surface area contributed by atoms with Crippen LogP contribution in [0.25, 0.3) is 0 Å². The quantitative estimate of drug-likeness (QED) is 0.853. The monoisotopic (exact) mass is 302 g/mol. The van der Waals surface area contributed by atoms with Gasteiger partial charge in [-0.25, -0.2) is 0 Å². The maximum absolute atomic E-state index is 9.88. The molecule has 1 aromatic rings. The number of rotatable bonds is 2. The summed E-state index contributed by atoms with van der Waals surface area (Å²) in [5, 5.41) is 28.3. The zero-order valence-electron chi connectivity index (χ0n) is 12.6. The van der Waals surface area contributed by atoms with Crippen molar-refractivity contribution >= 4 is 0 Å². The maximum Gasteiger partial charge on any atom is 0.103 e. The number of hydrogen-bond acceptors (Lipinski definition) is 5. The summed E-state index contributed by atoms with van der Waals surface area (Å²) < 4.78 is 5.85. The van der Waals surface area contributed by atoms with Crippen molar-refractivity contribution in [3.05, 3.63) is 35.4 Å². The van der Waals surface area contributed by atoms with Crippen molar-refractivity contribution in [2.45, 2.75) is 43.6 Å². The van der Waals surface area contributed by atoms with Gasteiger partial charge in [-0.05, 0) is 30.5 Å². The Hall–Kier alpha value is -1.45. The largest absolute Gasteiger partial charge is 0.390 e. The molecule has 0 amide bonds. The lowest BCUT2D eigenvalue weighted by molar-refractivity contribution is -0.188. The Morgan fingerprint density at radius 3 is 2.45 bits per heavy atom. The second-order valence-corrected chi connectivity index (χ2v) is 6.42. The first-order chi connectivity index (χ1) is 10.6. The Bertz CT molecular complexity index is 544. The summed E-state index contributed by atoms with van der Waals surface area (Å²) in [6.07, 6.45) is 0.875. The maximum atomic E-state index is 9.88. The molecule has 0 bridgehead atoms. The SMILES string of the molecule is N#Cc1ccc(CN2CCC3(CC2)C[C@@H](O)[C@@H](O)CO3)cc1. The second-order valence-electron chi connectivity index (χ2n) is 6.42. The minimum Gasteiger partial charge on any atom is -0.390 e. The van der Waals surface area contributed by atoms with Crippen LogP contribution in [0.5, 0.6) is 0 Å². The molecule has 2 fully saturated rings. The number of nitrogens with zero attached hydrogens (tertiary/aromatic N) is 2. The van der Waals surface area contributed by atoms with Gasteiger partial charge < -0.3 is 14.9 Å². The molecule has 118 valence electrons. The van der Waals surface area contributed by atoms with Crippen LogP contribution >= 0.6 is 0 Å². The average molecular weight is 302 g/mol. The van der Waals surface area contributed by atoms with E-state index in [0.717, 1.165) is 32.5 Å². The number of piperidine rings is 1. The summed E-state index contributed by atoms with van der Waals surface area (Å²) in [7, 11) is 0. The van der Waals surface area contributed by atoms with Gasteiger partial charge in [0.1, 0.15) is 6.10 Å². The first-order valence-corrected chi connectivity index (χ1v) is 7.82. The van der Waals surface area contributed by atoms with E-state index in [0.29, 0.717) is 12.0 Å². The van der Waals surface area contributed by atoms with Gasteiger partial charge in [0, 0.05) is 26.1 Å². The van der Waals surface area contributed by atoms with E-state index in [1.807, 2.05) is 24.3 Å². The highest BCUT2D eigenvalue weighted by molar-refractivity contribution is 5.31. The van der Waals surface area contributed by atoms with Gasteiger partial charge in [-0.3, -0.25) is 4.90 Å². The Kier molecular flexibility index (Phi) is 4.46. The molecular weight excluding hydrogens is 280 g/mol. The van der Waals surface area contributed by atoms with Crippen LogP contribution in [0.4, 0.5) is 0 Å². The van der Waals surface area contributed by atoms with Crippen molar-refractivity contribution in [1.29, 1.82) is 5.26 Å². The molecule has 2 atom stereocenters. The number of nitriles is 1. The van der Waals surface area contributed by atoms with Crippen LogP contribution in [-0.4, -0.2) is 52.6 Å². The van der Waals surface area contributed by atoms with E-state index in [9.17, 15) is 10.2 Å². The highest BCUT2D eigenvalue weighted by Crippen LogP contribution is 2.35. The zero-order valence-corrected chi connectivity index (χ0v) is 12.6. The van der Waals surface area contributed by atoms with Crippen molar-refractivity contribution < 1.29 is 14.9 Å². The van der Waals surface area contributed by atoms with Gasteiger partial charge in [-0.1, -0.05) is 12.1 Å². The fourth-order valence-electron chi connectivity index (χ4n) is 3.36. The zero-order chi connectivity index (χ0) is 15.6. The van der Waals surface area contributed by atoms with Gasteiger partial charge in [0.15, 0.2) is 0 Å². The molecule has 2 aliphatic rings. The lowest BCUT2D eigenvalue weighted by atomic mass is 9.82. The number of ether oxygens (including phenoxy) is 1. The van der Waals surface area contributed by atoms with Crippen molar-refractivity contribution in [3.63, 3.8) is 0 Å². The number of hydrogen-bond donors (Lipinski definition) is 2. The molecular formula is C17H22N2O3. The number of benzene rings is 1. The summed E-state index contributed by atoms with van der Waals surface area (Å²) >= 11 is 0. The normalized spacial score (nSPS) is 28.4. The first-order valence-electron chi connectivity index (χ1n) is 7.82. The fourth-order valence-corrected chi connectivity index (χ4v) is 3.36. The van der Waals surface area contributed by atoms with Crippen molar-refractivity contribution in [1.82, 2.24) is 4.90 Å². The molecule has 3 rings (SSSR count). The smallest absolute Gasteiger partial charge is 0.103 e. The van der Waals surface area contributed by atoms with Gasteiger partial charge >= 0.3 is 0 Å². The Morgan fingerprint density at radius 2 is 1.86 bits per heavy atom. The third-order valence-electron chi connectivity index (χ3n) is 4.84. The van der Waals surface area contributed by atoms with E-state index in [2.05, 4.69) is 11.0 Å². The minimum absolute atomic E-state index is 0.233. The third kappa shape index (κ3) is 3.31. The Labute approximate surface area is 130 Å². The highest BCUT2D eigenvalue weighted by atomic mass is 16.5. The molecule has 0 radical (unpaired) electrons. The van der Waals surface area contributed by atoms with E-state index in [1.54, 1.807) is 0 Å². The van der Waals surface area contributed by atoms with Crippen LogP contribution in [0, 0.1) is 11.3 Å². The molecule has 0 unspecified atom stereocenters. The molecule has 2 saturated heterocycles. The predicted molar refractivity (Wildman–Crippen MR) is 81.0 cm³/mol. The van der Waals surface area contributed by atoms with E-state index >= 15 is 0 Å². The second kappa shape index (κ2) is 6.35. The third-order valence-corrected chi connectivity index (χ3v) is 4.84. The summed E-state index contributed by atoms with van der Waals surface area (Å²) in [4.78, 5) is 2.37. The molecule has 1 aromatic carbocycles. The van der Waals surface area contributed by atoms with E-state index in [1.165, 1.54) is 5.56 Å². The predicted octanol–water partition coefficient (Wildman–Crippen LogP) is 1.03. The summed E-state index contributed by atoms with van der Waals surface area (Å²) in [6, 6.07) is 9.83. The molecule has 2 N–H and O–H groups in total. The molecule has 22 heavy (non-hydrogen) atoms. The molecule has 0 aromatic heterocycles. The Morgan fingerprint density at radius 1 is 1.18 bits per heavy atom. The summed E-state index contributed by atoms with van der Waals surface area (Å²) in [6.45, 7) is 2.94. The van der Waals surface area contributed by atoms with Crippen LogP contribution in [0.2, 0.25) is 0 Å². The van der Waals surface area contributed by atoms with Gasteiger partial charge in [0.2, 0.25) is 0 Å². The van der Waals surface area contributed by atoms with E-state index in [-0.39, 0.29) is 12.2 Å². The van der Waals surface area contributed by atoms with Crippen LogP contribution in [0.15, 0.2) is 24.3 Å². The molecule has 2 heterocycles. The van der Waals surface area contributed by atoms with Crippen molar-refractivity contribution in [3.8, 4) is 6.07 Å². The average Bonchev–Trinajstić information content (AvgIpc) is 2.55.